The van der Waals surface area contributed by atoms with Crippen LogP contribution in [0.1, 0.15) is 16.1 Å². The van der Waals surface area contributed by atoms with Crippen molar-refractivity contribution in [2.75, 3.05) is 6.54 Å². The van der Waals surface area contributed by atoms with Crippen LogP contribution in [0.3, 0.4) is 0 Å². The SMILES string of the molecule is c1coc(-c2ncc3c(n2)CN(Cc2cc4ccccc4s2)CC3)c1. The van der Waals surface area contributed by atoms with Gasteiger partial charge in [0.15, 0.2) is 11.6 Å². The van der Waals surface area contributed by atoms with Crippen LogP contribution < -0.4 is 0 Å². The molecular formula is C20H17N3OS. The third-order valence-electron chi connectivity index (χ3n) is 4.62. The quantitative estimate of drug-likeness (QED) is 0.547. The number of fused-ring (bicyclic) bond motifs is 2. The molecule has 0 saturated carbocycles. The van der Waals surface area contributed by atoms with Gasteiger partial charge in [0.1, 0.15) is 0 Å². The van der Waals surface area contributed by atoms with E-state index in [2.05, 4.69) is 40.2 Å². The van der Waals surface area contributed by atoms with E-state index in [0.29, 0.717) is 5.82 Å². The van der Waals surface area contributed by atoms with Crippen LogP contribution >= 0.6 is 11.3 Å². The van der Waals surface area contributed by atoms with Crippen LogP contribution in [0.4, 0.5) is 0 Å². The number of benzene rings is 1. The van der Waals surface area contributed by atoms with Crippen molar-refractivity contribution >= 4 is 21.4 Å². The lowest BCUT2D eigenvalue weighted by atomic mass is 10.1. The Morgan fingerprint density at radius 1 is 1.16 bits per heavy atom. The molecule has 0 spiro atoms. The molecule has 4 heterocycles. The maximum Gasteiger partial charge on any atom is 0.195 e. The molecule has 0 saturated heterocycles. The van der Waals surface area contributed by atoms with Gasteiger partial charge in [0, 0.05) is 35.4 Å². The minimum absolute atomic E-state index is 0.674. The first kappa shape index (κ1) is 14.8. The first-order valence-electron chi connectivity index (χ1n) is 8.44. The van der Waals surface area contributed by atoms with Gasteiger partial charge >= 0.3 is 0 Å². The lowest BCUT2D eigenvalue weighted by Gasteiger charge is -2.27. The highest BCUT2D eigenvalue weighted by Gasteiger charge is 2.20. The first-order valence-corrected chi connectivity index (χ1v) is 9.25. The van der Waals surface area contributed by atoms with Gasteiger partial charge in [-0.05, 0) is 41.6 Å². The second-order valence-corrected chi connectivity index (χ2v) is 7.52. The molecule has 124 valence electrons. The van der Waals surface area contributed by atoms with Gasteiger partial charge in [-0.25, -0.2) is 9.97 Å². The molecule has 25 heavy (non-hydrogen) atoms. The Morgan fingerprint density at radius 3 is 3.00 bits per heavy atom. The highest BCUT2D eigenvalue weighted by Crippen LogP contribution is 2.28. The molecule has 0 aliphatic carbocycles. The van der Waals surface area contributed by atoms with Crippen molar-refractivity contribution < 1.29 is 4.42 Å². The summed E-state index contributed by atoms with van der Waals surface area (Å²) in [6, 6.07) is 14.7. The van der Waals surface area contributed by atoms with Gasteiger partial charge in [-0.15, -0.1) is 11.3 Å². The number of furan rings is 1. The van der Waals surface area contributed by atoms with E-state index in [4.69, 9.17) is 9.40 Å². The lowest BCUT2D eigenvalue weighted by Crippen LogP contribution is -2.30. The Labute approximate surface area is 149 Å². The number of hydrogen-bond donors (Lipinski definition) is 0. The number of rotatable bonds is 3. The van der Waals surface area contributed by atoms with Gasteiger partial charge in [0.2, 0.25) is 0 Å². The summed E-state index contributed by atoms with van der Waals surface area (Å²) >= 11 is 1.88. The molecule has 0 N–H and O–H groups in total. The molecule has 1 aliphatic heterocycles. The molecule has 0 atom stereocenters. The fraction of sp³-hybridized carbons (Fsp3) is 0.200. The summed E-state index contributed by atoms with van der Waals surface area (Å²) in [4.78, 5) is 13.1. The van der Waals surface area contributed by atoms with Crippen molar-refractivity contribution in [3.05, 3.63) is 71.1 Å². The third-order valence-corrected chi connectivity index (χ3v) is 5.72. The van der Waals surface area contributed by atoms with E-state index in [1.165, 1.54) is 20.5 Å². The molecule has 5 heteroatoms. The van der Waals surface area contributed by atoms with E-state index in [1.807, 2.05) is 29.7 Å². The molecule has 3 aromatic heterocycles. The van der Waals surface area contributed by atoms with Crippen molar-refractivity contribution in [3.63, 3.8) is 0 Å². The number of hydrogen-bond acceptors (Lipinski definition) is 5. The lowest BCUT2D eigenvalue weighted by molar-refractivity contribution is 0.243. The van der Waals surface area contributed by atoms with Gasteiger partial charge in [0.25, 0.3) is 0 Å². The normalized spacial score (nSPS) is 14.7. The van der Waals surface area contributed by atoms with Crippen LogP contribution in [0.15, 0.2) is 59.3 Å². The molecule has 0 fully saturated rings. The summed E-state index contributed by atoms with van der Waals surface area (Å²) in [5.41, 5.74) is 2.37. The van der Waals surface area contributed by atoms with E-state index in [0.717, 1.165) is 37.5 Å². The Balaban J connectivity index is 1.38. The van der Waals surface area contributed by atoms with Gasteiger partial charge in [-0.3, -0.25) is 4.90 Å². The third kappa shape index (κ3) is 2.86. The van der Waals surface area contributed by atoms with Gasteiger partial charge in [-0.1, -0.05) is 18.2 Å². The van der Waals surface area contributed by atoms with Gasteiger partial charge in [-0.2, -0.15) is 0 Å². The fourth-order valence-corrected chi connectivity index (χ4v) is 4.46. The molecule has 0 amide bonds. The molecule has 0 unspecified atom stereocenters. The van der Waals surface area contributed by atoms with E-state index >= 15 is 0 Å². The van der Waals surface area contributed by atoms with Crippen molar-refractivity contribution in [1.82, 2.24) is 14.9 Å². The smallest absolute Gasteiger partial charge is 0.195 e. The Hall–Kier alpha value is -2.50. The highest BCUT2D eigenvalue weighted by atomic mass is 32.1. The standard InChI is InChI=1S/C20H17N3OS/c1-2-6-19-14(4-1)10-16(25-19)12-23-8-7-15-11-21-20(22-17(15)13-23)18-5-3-9-24-18/h1-6,9-11H,7-8,12-13H2. The number of aromatic nitrogens is 2. The predicted molar refractivity (Wildman–Crippen MR) is 99.4 cm³/mol. The van der Waals surface area contributed by atoms with Crippen LogP contribution in [0.2, 0.25) is 0 Å². The zero-order valence-electron chi connectivity index (χ0n) is 13.7. The van der Waals surface area contributed by atoms with Crippen LogP contribution in [-0.2, 0) is 19.5 Å². The molecule has 0 bridgehead atoms. The summed E-state index contributed by atoms with van der Waals surface area (Å²) in [5, 5.41) is 1.34. The van der Waals surface area contributed by atoms with Crippen LogP contribution in [-0.4, -0.2) is 21.4 Å². The van der Waals surface area contributed by atoms with E-state index in [9.17, 15) is 0 Å². The summed E-state index contributed by atoms with van der Waals surface area (Å²) in [6.07, 6.45) is 4.61. The Kier molecular flexibility index (Phi) is 3.61. The maximum absolute atomic E-state index is 5.43. The van der Waals surface area contributed by atoms with E-state index in [-0.39, 0.29) is 0 Å². The zero-order chi connectivity index (χ0) is 16.6. The van der Waals surface area contributed by atoms with Crippen LogP contribution in [0.25, 0.3) is 21.7 Å². The second-order valence-electron chi connectivity index (χ2n) is 6.35. The molecular weight excluding hydrogens is 330 g/mol. The van der Waals surface area contributed by atoms with Gasteiger partial charge in [0.05, 0.1) is 12.0 Å². The van der Waals surface area contributed by atoms with Crippen molar-refractivity contribution in [3.8, 4) is 11.6 Å². The topological polar surface area (TPSA) is 42.2 Å². The van der Waals surface area contributed by atoms with Crippen molar-refractivity contribution in [1.29, 1.82) is 0 Å². The van der Waals surface area contributed by atoms with Crippen LogP contribution in [0, 0.1) is 0 Å². The monoisotopic (exact) mass is 347 g/mol. The summed E-state index contributed by atoms with van der Waals surface area (Å²) in [5.74, 6) is 1.40. The molecule has 4 aromatic rings. The molecule has 0 radical (unpaired) electrons. The number of thiophene rings is 1. The summed E-state index contributed by atoms with van der Waals surface area (Å²) in [7, 11) is 0. The van der Waals surface area contributed by atoms with Crippen molar-refractivity contribution in [2.45, 2.75) is 19.5 Å². The van der Waals surface area contributed by atoms with E-state index < -0.39 is 0 Å². The number of nitrogens with zero attached hydrogens (tertiary/aromatic N) is 3. The zero-order valence-corrected chi connectivity index (χ0v) is 14.5. The average Bonchev–Trinajstić information content (AvgIpc) is 3.30. The Morgan fingerprint density at radius 2 is 2.12 bits per heavy atom. The minimum Gasteiger partial charge on any atom is -0.461 e. The summed E-state index contributed by atoms with van der Waals surface area (Å²) < 4.78 is 6.79. The van der Waals surface area contributed by atoms with E-state index in [1.54, 1.807) is 6.26 Å². The minimum atomic E-state index is 0.674. The maximum atomic E-state index is 5.43. The van der Waals surface area contributed by atoms with Crippen molar-refractivity contribution in [2.24, 2.45) is 0 Å². The van der Waals surface area contributed by atoms with Gasteiger partial charge < -0.3 is 4.42 Å². The highest BCUT2D eigenvalue weighted by molar-refractivity contribution is 7.19. The predicted octanol–water partition coefficient (Wildman–Crippen LogP) is 4.51. The molecule has 4 nitrogen and oxygen atoms in total. The largest absolute Gasteiger partial charge is 0.461 e. The Bertz CT molecular complexity index is 990. The fourth-order valence-electron chi connectivity index (χ4n) is 3.35. The molecule has 1 aromatic carbocycles. The van der Waals surface area contributed by atoms with Crippen LogP contribution in [0.5, 0.6) is 0 Å². The first-order chi connectivity index (χ1) is 12.3. The summed E-state index contributed by atoms with van der Waals surface area (Å²) in [6.45, 7) is 2.88. The second kappa shape index (κ2) is 6.10. The average molecular weight is 347 g/mol. The molecule has 5 rings (SSSR count). The molecule has 1 aliphatic rings.